The van der Waals surface area contributed by atoms with Gasteiger partial charge in [0.2, 0.25) is 5.16 Å². The lowest BCUT2D eigenvalue weighted by Crippen LogP contribution is -2.16. The second-order valence-electron chi connectivity index (χ2n) is 3.83. The van der Waals surface area contributed by atoms with Crippen molar-refractivity contribution in [2.45, 2.75) is 17.3 Å². The molecule has 0 spiro atoms. The highest BCUT2D eigenvalue weighted by atomic mass is 32.2. The molecule has 0 amide bonds. The van der Waals surface area contributed by atoms with Gasteiger partial charge in [-0.15, -0.1) is 5.10 Å². The van der Waals surface area contributed by atoms with Gasteiger partial charge in [0, 0.05) is 7.05 Å². The second-order valence-corrected chi connectivity index (χ2v) is 5.14. The van der Waals surface area contributed by atoms with Crippen LogP contribution < -0.4 is 0 Å². The molecular weight excluding hydrogens is 274 g/mol. The third-order valence-electron chi connectivity index (χ3n) is 2.43. The maximum atomic E-state index is 13.5. The van der Waals surface area contributed by atoms with Crippen LogP contribution >= 0.6 is 11.8 Å². The molecule has 0 aliphatic rings. The molecule has 0 aliphatic carbocycles. The first kappa shape index (κ1) is 13.6. The lowest BCUT2D eigenvalue weighted by molar-refractivity contribution is 0.0989. The summed E-state index contributed by atoms with van der Waals surface area (Å²) < 4.78 is 27.9. The van der Waals surface area contributed by atoms with Crippen LogP contribution in [0.25, 0.3) is 0 Å². The number of halogens is 2. The summed E-state index contributed by atoms with van der Waals surface area (Å²) in [4.78, 5) is 12.0. The molecule has 1 atom stereocenters. The summed E-state index contributed by atoms with van der Waals surface area (Å²) in [6.07, 6.45) is 0. The van der Waals surface area contributed by atoms with Crippen molar-refractivity contribution in [3.63, 3.8) is 0 Å². The Labute approximate surface area is 112 Å². The molecule has 8 heteroatoms. The predicted octanol–water partition coefficient (Wildman–Crippen LogP) is 1.85. The molecule has 0 saturated heterocycles. The van der Waals surface area contributed by atoms with Crippen molar-refractivity contribution in [2.75, 3.05) is 0 Å². The van der Waals surface area contributed by atoms with Crippen LogP contribution in [0.1, 0.15) is 17.3 Å². The Balaban J connectivity index is 2.19. The minimum absolute atomic E-state index is 0.268. The Morgan fingerprint density at radius 1 is 1.42 bits per heavy atom. The molecular formula is C11H10F2N4OS. The van der Waals surface area contributed by atoms with E-state index in [1.54, 1.807) is 14.0 Å². The van der Waals surface area contributed by atoms with Gasteiger partial charge in [0.1, 0.15) is 11.6 Å². The summed E-state index contributed by atoms with van der Waals surface area (Å²) in [6, 6.07) is 2.80. The molecule has 0 N–H and O–H groups in total. The van der Waals surface area contributed by atoms with E-state index in [4.69, 9.17) is 0 Å². The summed E-state index contributed by atoms with van der Waals surface area (Å²) in [5, 5.41) is 10.6. The quantitative estimate of drug-likeness (QED) is 0.633. The summed E-state index contributed by atoms with van der Waals surface area (Å²) >= 11 is 1.08. The first-order chi connectivity index (χ1) is 8.99. The van der Waals surface area contributed by atoms with E-state index in [1.165, 1.54) is 4.68 Å². The Kier molecular flexibility index (Phi) is 3.89. The van der Waals surface area contributed by atoms with E-state index in [9.17, 15) is 13.6 Å². The Hall–Kier alpha value is -1.83. The van der Waals surface area contributed by atoms with Crippen LogP contribution in [0.3, 0.4) is 0 Å². The van der Waals surface area contributed by atoms with Gasteiger partial charge < -0.3 is 0 Å². The zero-order valence-electron chi connectivity index (χ0n) is 10.2. The fraction of sp³-hybridized carbons (Fsp3) is 0.273. The molecule has 100 valence electrons. The molecule has 19 heavy (non-hydrogen) atoms. The monoisotopic (exact) mass is 284 g/mol. The molecule has 0 bridgehead atoms. The van der Waals surface area contributed by atoms with Crippen LogP contribution in [-0.4, -0.2) is 31.2 Å². The maximum Gasteiger partial charge on any atom is 0.209 e. The molecule has 0 radical (unpaired) electrons. The SMILES string of the molecule is CC(Sc1nnnn1C)C(=O)c1cc(F)ccc1F. The smallest absolute Gasteiger partial charge is 0.209 e. The van der Waals surface area contributed by atoms with E-state index in [1.807, 2.05) is 0 Å². The van der Waals surface area contributed by atoms with Crippen LogP contribution in [-0.2, 0) is 7.05 Å². The molecule has 0 fully saturated rings. The lowest BCUT2D eigenvalue weighted by atomic mass is 10.1. The first-order valence-electron chi connectivity index (χ1n) is 5.37. The molecule has 0 aliphatic heterocycles. The summed E-state index contributed by atoms with van der Waals surface area (Å²) in [5.74, 6) is -1.90. The van der Waals surface area contributed by atoms with Crippen molar-refractivity contribution in [1.82, 2.24) is 20.2 Å². The number of thioether (sulfide) groups is 1. The normalized spacial score (nSPS) is 12.4. The molecule has 2 rings (SSSR count). The molecule has 1 aromatic carbocycles. The number of benzene rings is 1. The van der Waals surface area contributed by atoms with E-state index in [0.29, 0.717) is 5.16 Å². The van der Waals surface area contributed by atoms with Gasteiger partial charge in [-0.2, -0.15) is 0 Å². The van der Waals surface area contributed by atoms with Crippen LogP contribution in [0, 0.1) is 11.6 Å². The fourth-order valence-electron chi connectivity index (χ4n) is 1.44. The van der Waals surface area contributed by atoms with Crippen LogP contribution in [0.15, 0.2) is 23.4 Å². The van der Waals surface area contributed by atoms with Gasteiger partial charge in [-0.05, 0) is 35.5 Å². The van der Waals surface area contributed by atoms with Gasteiger partial charge in [0.05, 0.1) is 10.8 Å². The third kappa shape index (κ3) is 2.95. The Morgan fingerprint density at radius 3 is 2.79 bits per heavy atom. The summed E-state index contributed by atoms with van der Waals surface area (Å²) in [6.45, 7) is 1.59. The predicted molar refractivity (Wildman–Crippen MR) is 64.8 cm³/mol. The van der Waals surface area contributed by atoms with E-state index in [0.717, 1.165) is 30.0 Å². The summed E-state index contributed by atoms with van der Waals surface area (Å²) in [7, 11) is 1.63. The highest BCUT2D eigenvalue weighted by Gasteiger charge is 2.22. The molecule has 5 nitrogen and oxygen atoms in total. The Bertz CT molecular complexity index is 616. The second kappa shape index (κ2) is 5.43. The van der Waals surface area contributed by atoms with E-state index >= 15 is 0 Å². The first-order valence-corrected chi connectivity index (χ1v) is 6.25. The number of nitrogens with zero attached hydrogens (tertiary/aromatic N) is 4. The van der Waals surface area contributed by atoms with Crippen LogP contribution in [0.5, 0.6) is 0 Å². The van der Waals surface area contributed by atoms with E-state index < -0.39 is 22.7 Å². The number of aryl methyl sites for hydroxylation is 1. The van der Waals surface area contributed by atoms with Crippen molar-refractivity contribution in [3.05, 3.63) is 35.4 Å². The molecule has 1 aromatic heterocycles. The molecule has 1 heterocycles. The molecule has 0 saturated carbocycles. The van der Waals surface area contributed by atoms with Gasteiger partial charge in [0.25, 0.3) is 0 Å². The molecule has 2 aromatic rings. The van der Waals surface area contributed by atoms with E-state index in [2.05, 4.69) is 15.5 Å². The number of aromatic nitrogens is 4. The minimum Gasteiger partial charge on any atom is -0.293 e. The number of carbonyl (C=O) groups is 1. The van der Waals surface area contributed by atoms with Crippen molar-refractivity contribution in [2.24, 2.45) is 7.05 Å². The van der Waals surface area contributed by atoms with Gasteiger partial charge in [-0.25, -0.2) is 13.5 Å². The molecule has 1 unspecified atom stereocenters. The average Bonchev–Trinajstić information content (AvgIpc) is 2.77. The standard InChI is InChI=1S/C11H10F2N4OS/c1-6(19-11-14-15-16-17(11)2)10(18)8-5-7(12)3-4-9(8)13/h3-6H,1-2H3. The number of hydrogen-bond acceptors (Lipinski definition) is 5. The maximum absolute atomic E-state index is 13.5. The highest BCUT2D eigenvalue weighted by molar-refractivity contribution is 8.00. The zero-order chi connectivity index (χ0) is 14.0. The number of Topliss-reactive ketones (excluding diaryl/α,β-unsaturated/α-hetero) is 1. The van der Waals surface area contributed by atoms with E-state index in [-0.39, 0.29) is 5.56 Å². The van der Waals surface area contributed by atoms with Crippen molar-refractivity contribution >= 4 is 17.5 Å². The van der Waals surface area contributed by atoms with Crippen molar-refractivity contribution < 1.29 is 13.6 Å². The number of rotatable bonds is 4. The van der Waals surface area contributed by atoms with Crippen LogP contribution in [0.2, 0.25) is 0 Å². The average molecular weight is 284 g/mol. The van der Waals surface area contributed by atoms with Gasteiger partial charge in [0.15, 0.2) is 5.78 Å². The highest BCUT2D eigenvalue weighted by Crippen LogP contribution is 2.24. The minimum atomic E-state index is -0.741. The lowest BCUT2D eigenvalue weighted by Gasteiger charge is -2.09. The number of hydrogen-bond donors (Lipinski definition) is 0. The fourth-order valence-corrected chi connectivity index (χ4v) is 2.26. The van der Waals surface area contributed by atoms with Gasteiger partial charge >= 0.3 is 0 Å². The van der Waals surface area contributed by atoms with Gasteiger partial charge in [-0.3, -0.25) is 4.79 Å². The van der Waals surface area contributed by atoms with Gasteiger partial charge in [-0.1, -0.05) is 11.8 Å². The largest absolute Gasteiger partial charge is 0.293 e. The van der Waals surface area contributed by atoms with Crippen molar-refractivity contribution in [3.8, 4) is 0 Å². The zero-order valence-corrected chi connectivity index (χ0v) is 11.0. The summed E-state index contributed by atoms with van der Waals surface area (Å²) in [5.41, 5.74) is -0.268. The number of tetrazole rings is 1. The van der Waals surface area contributed by atoms with Crippen molar-refractivity contribution in [1.29, 1.82) is 0 Å². The van der Waals surface area contributed by atoms with Crippen LogP contribution in [0.4, 0.5) is 8.78 Å². The number of ketones is 1. The topological polar surface area (TPSA) is 60.7 Å². The Morgan fingerprint density at radius 2 is 2.16 bits per heavy atom. The third-order valence-corrected chi connectivity index (χ3v) is 3.55. The number of carbonyl (C=O) groups excluding carboxylic acids is 1.